The maximum Gasteiger partial charge on any atom is 0.234 e. The van der Waals surface area contributed by atoms with Gasteiger partial charge in [-0.05, 0) is 46.3 Å². The van der Waals surface area contributed by atoms with Crippen LogP contribution in [-0.2, 0) is 9.59 Å². The molecule has 0 aromatic heterocycles. The summed E-state index contributed by atoms with van der Waals surface area (Å²) in [4.78, 5) is 26.4. The molecule has 2 fully saturated rings. The molecule has 2 amide bonds. The van der Waals surface area contributed by atoms with Crippen LogP contribution in [0, 0.1) is 5.41 Å². The number of anilines is 1. The first-order valence-corrected chi connectivity index (χ1v) is 8.01. The number of nitrogens with zero attached hydrogens (tertiary/aromatic N) is 1. The Morgan fingerprint density at radius 1 is 0.950 bits per heavy atom. The quantitative estimate of drug-likeness (QED) is 0.726. The van der Waals surface area contributed by atoms with Crippen molar-refractivity contribution in [2.45, 2.75) is 44.9 Å². The largest absolute Gasteiger partial charge is 0.274 e. The second kappa shape index (κ2) is 5.32. The standard InChI is InChI=1S/C16H18BrNO2/c17-12-6-2-3-7-13(12)18-14(19)10-16(11-15(18)20)8-4-1-5-9-16/h2-3,6-7H,1,4-5,8-11H2. The van der Waals surface area contributed by atoms with Crippen LogP contribution < -0.4 is 4.90 Å². The van der Waals surface area contributed by atoms with E-state index in [1.54, 1.807) is 0 Å². The maximum atomic E-state index is 12.5. The van der Waals surface area contributed by atoms with E-state index in [-0.39, 0.29) is 17.2 Å². The lowest BCUT2D eigenvalue weighted by Crippen LogP contribution is -2.49. The smallest absolute Gasteiger partial charge is 0.234 e. The molecule has 3 nitrogen and oxygen atoms in total. The number of carbonyl (C=O) groups is 2. The van der Waals surface area contributed by atoms with Gasteiger partial charge in [-0.25, -0.2) is 4.90 Å². The Morgan fingerprint density at radius 2 is 1.55 bits per heavy atom. The Hall–Kier alpha value is -1.16. The van der Waals surface area contributed by atoms with Crippen LogP contribution in [0.4, 0.5) is 5.69 Å². The van der Waals surface area contributed by atoms with E-state index >= 15 is 0 Å². The molecular weight excluding hydrogens is 318 g/mol. The predicted molar refractivity (Wildman–Crippen MR) is 81.4 cm³/mol. The zero-order valence-corrected chi connectivity index (χ0v) is 13.0. The summed E-state index contributed by atoms with van der Waals surface area (Å²) in [6, 6.07) is 7.42. The molecule has 4 heteroatoms. The molecular formula is C16H18BrNO2. The van der Waals surface area contributed by atoms with Crippen molar-refractivity contribution in [3.8, 4) is 0 Å². The molecule has 1 aromatic carbocycles. The lowest BCUT2D eigenvalue weighted by molar-refractivity contribution is -0.134. The molecule has 1 saturated heterocycles. The molecule has 2 aliphatic rings. The highest BCUT2D eigenvalue weighted by atomic mass is 79.9. The van der Waals surface area contributed by atoms with Crippen LogP contribution in [-0.4, -0.2) is 11.8 Å². The Kier molecular flexibility index (Phi) is 3.67. The van der Waals surface area contributed by atoms with E-state index < -0.39 is 0 Å². The highest BCUT2D eigenvalue weighted by Gasteiger charge is 2.44. The molecule has 0 unspecified atom stereocenters. The molecule has 1 aromatic rings. The van der Waals surface area contributed by atoms with Crippen molar-refractivity contribution in [3.05, 3.63) is 28.7 Å². The van der Waals surface area contributed by atoms with E-state index in [0.29, 0.717) is 18.5 Å². The van der Waals surface area contributed by atoms with Gasteiger partial charge >= 0.3 is 0 Å². The second-order valence-electron chi connectivity index (χ2n) is 5.99. The Morgan fingerprint density at radius 3 is 2.15 bits per heavy atom. The van der Waals surface area contributed by atoms with Crippen LogP contribution in [0.2, 0.25) is 0 Å². The molecule has 1 saturated carbocycles. The van der Waals surface area contributed by atoms with E-state index in [4.69, 9.17) is 0 Å². The van der Waals surface area contributed by atoms with Gasteiger partial charge in [0.2, 0.25) is 11.8 Å². The fourth-order valence-corrected chi connectivity index (χ4v) is 4.02. The van der Waals surface area contributed by atoms with Crippen LogP contribution in [0.3, 0.4) is 0 Å². The second-order valence-corrected chi connectivity index (χ2v) is 6.84. The summed E-state index contributed by atoms with van der Waals surface area (Å²) in [5, 5.41) is 0. The summed E-state index contributed by atoms with van der Waals surface area (Å²) >= 11 is 3.43. The Balaban J connectivity index is 1.88. The van der Waals surface area contributed by atoms with Gasteiger partial charge in [0.1, 0.15) is 0 Å². The van der Waals surface area contributed by atoms with Crippen LogP contribution in [0.25, 0.3) is 0 Å². The lowest BCUT2D eigenvalue weighted by atomic mass is 9.67. The number of halogens is 1. The molecule has 1 heterocycles. The molecule has 0 atom stereocenters. The van der Waals surface area contributed by atoms with Crippen LogP contribution in [0.5, 0.6) is 0 Å². The van der Waals surface area contributed by atoms with E-state index in [0.717, 1.165) is 30.2 Å². The minimum Gasteiger partial charge on any atom is -0.274 e. The van der Waals surface area contributed by atoms with Gasteiger partial charge in [-0.2, -0.15) is 0 Å². The van der Waals surface area contributed by atoms with Gasteiger partial charge < -0.3 is 0 Å². The Bertz CT molecular complexity index is 529. The van der Waals surface area contributed by atoms with Gasteiger partial charge in [0.25, 0.3) is 0 Å². The maximum absolute atomic E-state index is 12.5. The molecule has 1 spiro atoms. The highest BCUT2D eigenvalue weighted by molar-refractivity contribution is 9.10. The lowest BCUT2D eigenvalue weighted by Gasteiger charge is -2.42. The number of carbonyl (C=O) groups excluding carboxylic acids is 2. The average Bonchev–Trinajstić information content (AvgIpc) is 2.41. The van der Waals surface area contributed by atoms with Gasteiger partial charge in [0, 0.05) is 17.3 Å². The van der Waals surface area contributed by atoms with Crippen LogP contribution in [0.1, 0.15) is 44.9 Å². The van der Waals surface area contributed by atoms with Crippen molar-refractivity contribution in [1.29, 1.82) is 0 Å². The number of imide groups is 1. The third-order valence-electron chi connectivity index (χ3n) is 4.56. The topological polar surface area (TPSA) is 37.4 Å². The van der Waals surface area contributed by atoms with Crippen molar-refractivity contribution in [3.63, 3.8) is 0 Å². The van der Waals surface area contributed by atoms with Crippen molar-refractivity contribution < 1.29 is 9.59 Å². The van der Waals surface area contributed by atoms with Crippen molar-refractivity contribution in [2.24, 2.45) is 5.41 Å². The number of rotatable bonds is 1. The minimum atomic E-state index is -0.0514. The monoisotopic (exact) mass is 335 g/mol. The summed E-state index contributed by atoms with van der Waals surface area (Å²) in [5.74, 6) is -0.0925. The summed E-state index contributed by atoms with van der Waals surface area (Å²) in [6.45, 7) is 0. The third-order valence-corrected chi connectivity index (χ3v) is 5.23. The van der Waals surface area contributed by atoms with Gasteiger partial charge in [-0.15, -0.1) is 0 Å². The fourth-order valence-electron chi connectivity index (χ4n) is 3.56. The molecule has 0 radical (unpaired) electrons. The first-order valence-electron chi connectivity index (χ1n) is 7.22. The highest BCUT2D eigenvalue weighted by Crippen LogP contribution is 2.46. The van der Waals surface area contributed by atoms with Gasteiger partial charge in [0.15, 0.2) is 0 Å². The van der Waals surface area contributed by atoms with Gasteiger partial charge in [-0.1, -0.05) is 31.4 Å². The van der Waals surface area contributed by atoms with E-state index in [1.165, 1.54) is 11.3 Å². The van der Waals surface area contributed by atoms with Crippen molar-refractivity contribution >= 4 is 33.4 Å². The predicted octanol–water partition coefficient (Wildman–Crippen LogP) is 4.05. The van der Waals surface area contributed by atoms with Crippen LogP contribution >= 0.6 is 15.9 Å². The molecule has 3 rings (SSSR count). The number of hydrogen-bond donors (Lipinski definition) is 0. The van der Waals surface area contributed by atoms with Crippen molar-refractivity contribution in [1.82, 2.24) is 0 Å². The van der Waals surface area contributed by atoms with Crippen LogP contribution in [0.15, 0.2) is 28.7 Å². The zero-order valence-electron chi connectivity index (χ0n) is 11.4. The SMILES string of the molecule is O=C1CC2(CCCCC2)CC(=O)N1c1ccccc1Br. The normalized spacial score (nSPS) is 22.4. The number of para-hydroxylation sites is 1. The van der Waals surface area contributed by atoms with Crippen molar-refractivity contribution in [2.75, 3.05) is 4.90 Å². The summed E-state index contributed by atoms with van der Waals surface area (Å²) in [6.07, 6.45) is 6.60. The molecule has 0 bridgehead atoms. The number of benzene rings is 1. The third kappa shape index (κ3) is 2.41. The molecule has 0 N–H and O–H groups in total. The van der Waals surface area contributed by atoms with E-state index in [2.05, 4.69) is 15.9 Å². The average molecular weight is 336 g/mol. The summed E-state index contributed by atoms with van der Waals surface area (Å²) in [5.41, 5.74) is 0.623. The number of piperidine rings is 1. The fraction of sp³-hybridized carbons (Fsp3) is 0.500. The molecule has 1 aliphatic heterocycles. The van der Waals surface area contributed by atoms with Gasteiger partial charge in [0.05, 0.1) is 5.69 Å². The minimum absolute atomic E-state index is 0.0462. The first-order chi connectivity index (χ1) is 9.61. The van der Waals surface area contributed by atoms with E-state index in [1.807, 2.05) is 24.3 Å². The Labute approximate surface area is 127 Å². The van der Waals surface area contributed by atoms with Gasteiger partial charge in [-0.3, -0.25) is 9.59 Å². The number of hydrogen-bond acceptors (Lipinski definition) is 2. The first kappa shape index (κ1) is 13.8. The summed E-state index contributed by atoms with van der Waals surface area (Å²) in [7, 11) is 0. The molecule has 106 valence electrons. The summed E-state index contributed by atoms with van der Waals surface area (Å²) < 4.78 is 0.793. The zero-order chi connectivity index (χ0) is 14.2. The number of amides is 2. The molecule has 1 aliphatic carbocycles. The molecule has 20 heavy (non-hydrogen) atoms. The van der Waals surface area contributed by atoms with E-state index in [9.17, 15) is 9.59 Å².